The van der Waals surface area contributed by atoms with Crippen LogP contribution in [0.4, 0.5) is 14.9 Å². The van der Waals surface area contributed by atoms with Crippen LogP contribution in [-0.2, 0) is 23.8 Å². The van der Waals surface area contributed by atoms with E-state index in [2.05, 4.69) is 15.6 Å². The Morgan fingerprint density at radius 1 is 1.00 bits per heavy atom. The molecule has 3 amide bonds. The average Bonchev–Trinajstić information content (AvgIpc) is 3.74. The second kappa shape index (κ2) is 16.6. The summed E-state index contributed by atoms with van der Waals surface area (Å²) in [6, 6.07) is 5.89. The third-order valence-electron chi connectivity index (χ3n) is 10.8. The van der Waals surface area contributed by atoms with Crippen LogP contribution in [-0.4, -0.2) is 84.5 Å². The Labute approximate surface area is 294 Å². The van der Waals surface area contributed by atoms with Crippen molar-refractivity contribution in [2.75, 3.05) is 32.3 Å². The number of methoxy groups -OCH3 is 1. The SMILES string of the molecule is CO[C@@H](C)COC(=O)c1cc2cc(NC(=O)[C@@H]3[C@H](C4CCCCC4)CCN3C(=O)[C@H]3CC[C@H]([C@@H](CF)NC(=O)OC(C)(C)C)CC3)ccc2[nH]1. The first kappa shape index (κ1) is 37.6. The van der Waals surface area contributed by atoms with Gasteiger partial charge < -0.3 is 34.7 Å². The zero-order valence-electron chi connectivity index (χ0n) is 30.2. The number of anilines is 1. The molecule has 3 fully saturated rings. The van der Waals surface area contributed by atoms with Gasteiger partial charge in [0.1, 0.15) is 30.6 Å². The Bertz CT molecular complexity index is 1490. The van der Waals surface area contributed by atoms with Gasteiger partial charge in [0.2, 0.25) is 11.8 Å². The number of nitrogens with zero attached hydrogens (tertiary/aromatic N) is 1. The summed E-state index contributed by atoms with van der Waals surface area (Å²) in [7, 11) is 1.56. The molecular weight excluding hydrogens is 643 g/mol. The van der Waals surface area contributed by atoms with Gasteiger partial charge in [-0.15, -0.1) is 0 Å². The summed E-state index contributed by atoms with van der Waals surface area (Å²) in [5, 5.41) is 6.56. The van der Waals surface area contributed by atoms with E-state index >= 15 is 0 Å². The van der Waals surface area contributed by atoms with Crippen LogP contribution in [0.15, 0.2) is 24.3 Å². The lowest BCUT2D eigenvalue weighted by Crippen LogP contribution is -2.50. The number of rotatable bonds is 11. The number of amides is 3. The van der Waals surface area contributed by atoms with Crippen molar-refractivity contribution in [2.24, 2.45) is 23.7 Å². The Morgan fingerprint density at radius 3 is 2.38 bits per heavy atom. The van der Waals surface area contributed by atoms with Gasteiger partial charge >= 0.3 is 12.1 Å². The van der Waals surface area contributed by atoms with Crippen molar-refractivity contribution in [3.63, 3.8) is 0 Å². The van der Waals surface area contributed by atoms with E-state index in [9.17, 15) is 23.6 Å². The number of alkyl halides is 1. The number of hydrogen-bond acceptors (Lipinski definition) is 7. The van der Waals surface area contributed by atoms with Gasteiger partial charge in [-0.25, -0.2) is 14.0 Å². The maximum atomic E-state index is 14.2. The highest BCUT2D eigenvalue weighted by Crippen LogP contribution is 2.41. The van der Waals surface area contributed by atoms with E-state index < -0.39 is 36.4 Å². The first-order valence-electron chi connectivity index (χ1n) is 18.4. The molecule has 2 heterocycles. The lowest BCUT2D eigenvalue weighted by Gasteiger charge is -2.37. The maximum absolute atomic E-state index is 14.2. The zero-order valence-corrected chi connectivity index (χ0v) is 30.2. The molecule has 0 spiro atoms. The van der Waals surface area contributed by atoms with Crippen LogP contribution in [0.5, 0.6) is 0 Å². The molecule has 0 bridgehead atoms. The number of carbonyl (C=O) groups excluding carboxylic acids is 4. The van der Waals surface area contributed by atoms with E-state index in [0.717, 1.165) is 43.0 Å². The number of likely N-dealkylation sites (tertiary alicyclic amines) is 1. The molecule has 1 aliphatic heterocycles. The van der Waals surface area contributed by atoms with Crippen molar-refractivity contribution >= 4 is 40.5 Å². The Morgan fingerprint density at radius 2 is 1.72 bits per heavy atom. The maximum Gasteiger partial charge on any atom is 0.407 e. The van der Waals surface area contributed by atoms with Crippen molar-refractivity contribution < 1.29 is 37.8 Å². The van der Waals surface area contributed by atoms with Crippen LogP contribution in [0.2, 0.25) is 0 Å². The molecule has 1 saturated heterocycles. The lowest BCUT2D eigenvalue weighted by atomic mass is 9.76. The number of carbonyl (C=O) groups is 4. The van der Waals surface area contributed by atoms with Crippen LogP contribution < -0.4 is 10.6 Å². The quantitative estimate of drug-likeness (QED) is 0.220. The van der Waals surface area contributed by atoms with Gasteiger partial charge in [0.05, 0.1) is 12.1 Å². The molecule has 3 aliphatic rings. The number of H-pyrrole nitrogens is 1. The molecule has 50 heavy (non-hydrogen) atoms. The molecule has 4 atom stereocenters. The zero-order chi connectivity index (χ0) is 36.0. The monoisotopic (exact) mass is 698 g/mol. The first-order chi connectivity index (χ1) is 23.9. The molecule has 276 valence electrons. The predicted molar refractivity (Wildman–Crippen MR) is 188 cm³/mol. The number of aromatic nitrogens is 1. The topological polar surface area (TPSA) is 139 Å². The molecule has 0 unspecified atom stereocenters. The second-order valence-corrected chi connectivity index (χ2v) is 15.5. The van der Waals surface area contributed by atoms with E-state index in [-0.39, 0.29) is 42.3 Å². The summed E-state index contributed by atoms with van der Waals surface area (Å²) in [5.74, 6) is -0.568. The van der Waals surface area contributed by atoms with Crippen molar-refractivity contribution in [1.29, 1.82) is 0 Å². The highest BCUT2D eigenvalue weighted by Gasteiger charge is 2.47. The van der Waals surface area contributed by atoms with Crippen molar-refractivity contribution in [2.45, 2.75) is 116 Å². The number of esters is 1. The molecular formula is C38H55FN4O7. The molecule has 0 radical (unpaired) electrons. The smallest absolute Gasteiger partial charge is 0.407 e. The molecule has 1 aromatic carbocycles. The minimum absolute atomic E-state index is 0.00848. The van der Waals surface area contributed by atoms with Crippen molar-refractivity contribution in [3.05, 3.63) is 30.0 Å². The molecule has 11 nitrogen and oxygen atoms in total. The van der Waals surface area contributed by atoms with Crippen LogP contribution >= 0.6 is 0 Å². The lowest BCUT2D eigenvalue weighted by molar-refractivity contribution is -0.142. The van der Waals surface area contributed by atoms with E-state index in [0.29, 0.717) is 49.5 Å². The van der Waals surface area contributed by atoms with E-state index in [1.807, 2.05) is 24.0 Å². The fourth-order valence-electron chi connectivity index (χ4n) is 8.08. The van der Waals surface area contributed by atoms with Gasteiger partial charge in [0.15, 0.2) is 0 Å². The van der Waals surface area contributed by atoms with Gasteiger partial charge in [-0.05, 0) is 102 Å². The van der Waals surface area contributed by atoms with E-state index in [1.54, 1.807) is 40.0 Å². The Kier molecular flexibility index (Phi) is 12.5. The first-order valence-corrected chi connectivity index (χ1v) is 18.4. The number of benzene rings is 1. The number of hydrogen-bond donors (Lipinski definition) is 3. The summed E-state index contributed by atoms with van der Waals surface area (Å²) < 4.78 is 29.9. The number of nitrogens with one attached hydrogen (secondary N) is 3. The molecule has 5 rings (SSSR count). The fourth-order valence-corrected chi connectivity index (χ4v) is 8.08. The second-order valence-electron chi connectivity index (χ2n) is 15.5. The normalized spacial score (nSPS) is 24.4. The van der Waals surface area contributed by atoms with Gasteiger partial charge in [0, 0.05) is 36.2 Å². The number of fused-ring (bicyclic) bond motifs is 1. The van der Waals surface area contributed by atoms with Crippen LogP contribution in [0.25, 0.3) is 10.9 Å². The highest BCUT2D eigenvalue weighted by atomic mass is 19.1. The minimum atomic E-state index is -0.701. The summed E-state index contributed by atoms with van der Waals surface area (Å²) in [6.45, 7) is 7.08. The number of ether oxygens (including phenoxy) is 3. The highest BCUT2D eigenvalue weighted by molar-refractivity contribution is 6.01. The average molecular weight is 699 g/mol. The summed E-state index contributed by atoms with van der Waals surface area (Å²) >= 11 is 0. The molecule has 2 saturated carbocycles. The van der Waals surface area contributed by atoms with Crippen molar-refractivity contribution in [1.82, 2.24) is 15.2 Å². The van der Waals surface area contributed by atoms with Gasteiger partial charge in [-0.1, -0.05) is 32.1 Å². The number of halogens is 1. The standard InChI is InChI=1S/C38H55FN4O7/c1-23(48-5)22-49-36(46)31-20-27-19-28(15-16-30(27)41-31)40-34(44)33-29(24-9-7-6-8-10-24)17-18-43(33)35(45)26-13-11-25(12-14-26)32(21-39)42-37(47)50-38(2,3)4/h15-16,19-20,23-26,29,32-33,41H,6-14,17-18,21-22H2,1-5H3,(H,40,44)(H,42,47)/t23-,25-,26-,29-,32+,33-/m0/s1. The molecule has 1 aromatic heterocycles. The van der Waals surface area contributed by atoms with E-state index in [1.165, 1.54) is 6.42 Å². The third-order valence-corrected chi connectivity index (χ3v) is 10.8. The Hall–Kier alpha value is -3.67. The van der Waals surface area contributed by atoms with Gasteiger partial charge in [0.25, 0.3) is 0 Å². The molecule has 3 N–H and O–H groups in total. The van der Waals surface area contributed by atoms with Crippen LogP contribution in [0.3, 0.4) is 0 Å². The number of alkyl carbamates (subject to hydrolysis) is 1. The fraction of sp³-hybridized carbons (Fsp3) is 0.684. The predicted octanol–water partition coefficient (Wildman–Crippen LogP) is 6.76. The van der Waals surface area contributed by atoms with Crippen molar-refractivity contribution in [3.8, 4) is 0 Å². The largest absolute Gasteiger partial charge is 0.458 e. The van der Waals surface area contributed by atoms with Crippen LogP contribution in [0.1, 0.15) is 102 Å². The summed E-state index contributed by atoms with van der Waals surface area (Å²) in [5.41, 5.74) is 0.955. The summed E-state index contributed by atoms with van der Waals surface area (Å²) in [4.78, 5) is 58.2. The number of aromatic amines is 1. The van der Waals surface area contributed by atoms with Gasteiger partial charge in [-0.2, -0.15) is 0 Å². The Balaban J connectivity index is 1.26. The van der Waals surface area contributed by atoms with Gasteiger partial charge in [-0.3, -0.25) is 9.59 Å². The van der Waals surface area contributed by atoms with E-state index in [4.69, 9.17) is 14.2 Å². The molecule has 12 heteroatoms. The molecule has 2 aromatic rings. The summed E-state index contributed by atoms with van der Waals surface area (Å²) in [6.07, 6.45) is 7.91. The molecule has 2 aliphatic carbocycles. The third kappa shape index (κ3) is 9.35. The van der Waals surface area contributed by atoms with Crippen LogP contribution in [0, 0.1) is 23.7 Å². The minimum Gasteiger partial charge on any atom is -0.458 e.